The Labute approximate surface area is 108 Å². The molecule has 13 heteroatoms. The summed E-state index contributed by atoms with van der Waals surface area (Å²) in [6.45, 7) is -0.298. The van der Waals surface area contributed by atoms with E-state index in [9.17, 15) is 52.7 Å². The summed E-state index contributed by atoms with van der Waals surface area (Å²) in [5.41, 5.74) is 0. The van der Waals surface area contributed by atoms with Gasteiger partial charge in [0, 0.05) is 0 Å². The van der Waals surface area contributed by atoms with Gasteiger partial charge in [-0.25, -0.2) is 22.0 Å². The monoisotopic (exact) mass is 346 g/mol. The Bertz CT molecular complexity index is 348. The van der Waals surface area contributed by atoms with Gasteiger partial charge in [-0.2, -0.15) is 30.7 Å². The van der Waals surface area contributed by atoms with Crippen molar-refractivity contribution in [3.05, 3.63) is 0 Å². The van der Waals surface area contributed by atoms with Crippen LogP contribution in [-0.4, -0.2) is 42.8 Å². The second-order valence-electron chi connectivity index (χ2n) is 3.78. The van der Waals surface area contributed by atoms with Crippen LogP contribution in [0.25, 0.3) is 0 Å². The molecule has 0 aromatic heterocycles. The molecule has 0 saturated heterocycles. The van der Waals surface area contributed by atoms with Gasteiger partial charge in [0.2, 0.25) is 0 Å². The molecule has 0 heterocycles. The number of hydrogen-bond donors (Lipinski definition) is 0. The summed E-state index contributed by atoms with van der Waals surface area (Å²) in [4.78, 5) is 0. The maximum absolute atomic E-state index is 12.8. The van der Waals surface area contributed by atoms with Crippen LogP contribution in [-0.2, 0) is 4.74 Å². The summed E-state index contributed by atoms with van der Waals surface area (Å²) in [6.07, 6.45) is -26.3. The summed E-state index contributed by atoms with van der Waals surface area (Å²) >= 11 is 0. The molecule has 0 rings (SSSR count). The predicted molar refractivity (Wildman–Crippen MR) is 42.3 cm³/mol. The van der Waals surface area contributed by atoms with Crippen molar-refractivity contribution in [2.75, 3.05) is 0 Å². The van der Waals surface area contributed by atoms with Crippen LogP contribution in [0.1, 0.15) is 6.92 Å². The van der Waals surface area contributed by atoms with Crippen LogP contribution in [0.15, 0.2) is 0 Å². The van der Waals surface area contributed by atoms with Gasteiger partial charge < -0.3 is 4.74 Å². The van der Waals surface area contributed by atoms with Crippen molar-refractivity contribution in [1.29, 1.82) is 0 Å². The summed E-state index contributed by atoms with van der Waals surface area (Å²) in [6, 6.07) is 0. The highest BCUT2D eigenvalue weighted by atomic mass is 19.4. The summed E-state index contributed by atoms with van der Waals surface area (Å²) in [7, 11) is 0. The Hall–Kier alpha value is -0.880. The van der Waals surface area contributed by atoms with E-state index in [0.29, 0.717) is 0 Å². The van der Waals surface area contributed by atoms with Crippen LogP contribution in [0.2, 0.25) is 0 Å². The van der Waals surface area contributed by atoms with Gasteiger partial charge in [0.25, 0.3) is 6.17 Å². The normalized spacial score (nSPS) is 18.0. The average Bonchev–Trinajstić information content (AvgIpc) is 2.25. The number of ether oxygens (including phenoxy) is 1. The highest BCUT2D eigenvalue weighted by molar-refractivity contribution is 4.90. The fourth-order valence-electron chi connectivity index (χ4n) is 0.930. The maximum atomic E-state index is 12.8. The highest BCUT2D eigenvalue weighted by Gasteiger charge is 2.68. The largest absolute Gasteiger partial charge is 0.425 e. The maximum Gasteiger partial charge on any atom is 0.425 e. The molecule has 21 heavy (non-hydrogen) atoms. The van der Waals surface area contributed by atoms with Crippen molar-refractivity contribution in [2.45, 2.75) is 49.8 Å². The molecule has 0 aliphatic rings. The van der Waals surface area contributed by atoms with Gasteiger partial charge in [0.1, 0.15) is 6.10 Å². The van der Waals surface area contributed by atoms with Gasteiger partial charge in [-0.1, -0.05) is 0 Å². The van der Waals surface area contributed by atoms with Crippen molar-refractivity contribution < 1.29 is 57.4 Å². The van der Waals surface area contributed by atoms with E-state index in [-0.39, 0.29) is 6.92 Å². The minimum atomic E-state index is -6.26. The van der Waals surface area contributed by atoms with Crippen molar-refractivity contribution in [3.8, 4) is 0 Å². The first-order chi connectivity index (χ1) is 8.98. The second kappa shape index (κ2) is 5.72. The molecule has 0 N–H and O–H groups in total. The molecule has 0 saturated carbocycles. The Balaban J connectivity index is 5.25. The predicted octanol–water partition coefficient (Wildman–Crippen LogP) is 4.42. The first kappa shape index (κ1) is 20.1. The first-order valence-corrected chi connectivity index (χ1v) is 4.78. The lowest BCUT2D eigenvalue weighted by atomic mass is 10.1. The van der Waals surface area contributed by atoms with Crippen LogP contribution in [0.4, 0.5) is 52.7 Å². The van der Waals surface area contributed by atoms with Crippen molar-refractivity contribution in [2.24, 2.45) is 0 Å². The van der Waals surface area contributed by atoms with Gasteiger partial charge in [-0.15, -0.1) is 0 Å². The topological polar surface area (TPSA) is 9.23 Å². The Morgan fingerprint density at radius 3 is 1.43 bits per heavy atom. The Morgan fingerprint density at radius 2 is 1.14 bits per heavy atom. The summed E-state index contributed by atoms with van der Waals surface area (Å²) < 4.78 is 149. The average molecular weight is 346 g/mol. The van der Waals surface area contributed by atoms with Crippen LogP contribution in [0, 0.1) is 0 Å². The quantitative estimate of drug-likeness (QED) is 0.647. The zero-order valence-electron chi connectivity index (χ0n) is 9.68. The minimum absolute atomic E-state index is 0.298. The zero-order chi connectivity index (χ0) is 17.4. The molecule has 128 valence electrons. The lowest BCUT2D eigenvalue weighted by molar-refractivity contribution is -0.404. The van der Waals surface area contributed by atoms with Gasteiger partial charge in [-0.05, 0) is 6.92 Å². The molecule has 2 unspecified atom stereocenters. The highest BCUT2D eigenvalue weighted by Crippen LogP contribution is 2.44. The molecule has 0 aromatic carbocycles. The van der Waals surface area contributed by atoms with Gasteiger partial charge in [-0.3, -0.25) is 0 Å². The zero-order valence-corrected chi connectivity index (χ0v) is 9.68. The second-order valence-corrected chi connectivity index (χ2v) is 3.78. The molecule has 0 bridgehead atoms. The molecular weight excluding hydrogens is 340 g/mol. The van der Waals surface area contributed by atoms with E-state index in [2.05, 4.69) is 4.74 Å². The van der Waals surface area contributed by atoms with Crippen molar-refractivity contribution in [3.63, 3.8) is 0 Å². The van der Waals surface area contributed by atoms with Crippen LogP contribution in [0.3, 0.4) is 0 Å². The third-order valence-corrected chi connectivity index (χ3v) is 2.15. The smallest absolute Gasteiger partial charge is 0.306 e. The molecular formula is C8H6F12O. The lowest BCUT2D eigenvalue weighted by Gasteiger charge is -2.33. The molecule has 0 fully saturated rings. The molecule has 0 amide bonds. The lowest BCUT2D eigenvalue weighted by Crippen LogP contribution is -2.55. The third kappa shape index (κ3) is 4.07. The SMILES string of the molecule is CC(OC(F)(F)C(F)(F)C(F)F)C(F)(F)C(F)C(F)(F)F. The summed E-state index contributed by atoms with van der Waals surface area (Å²) in [5, 5.41) is 0. The Morgan fingerprint density at radius 1 is 0.762 bits per heavy atom. The van der Waals surface area contributed by atoms with Crippen molar-refractivity contribution >= 4 is 0 Å². The van der Waals surface area contributed by atoms with E-state index < -0.39 is 42.8 Å². The molecule has 1 nitrogen and oxygen atoms in total. The van der Waals surface area contributed by atoms with E-state index in [4.69, 9.17) is 0 Å². The number of rotatable bonds is 6. The summed E-state index contributed by atoms with van der Waals surface area (Å²) in [5.74, 6) is -12.0. The van der Waals surface area contributed by atoms with Crippen LogP contribution in [0.5, 0.6) is 0 Å². The van der Waals surface area contributed by atoms with E-state index in [1.807, 2.05) is 0 Å². The minimum Gasteiger partial charge on any atom is -0.306 e. The number of hydrogen-bond acceptors (Lipinski definition) is 1. The molecule has 0 aliphatic heterocycles. The fourth-order valence-corrected chi connectivity index (χ4v) is 0.930. The number of halogens is 12. The van der Waals surface area contributed by atoms with E-state index >= 15 is 0 Å². The molecule has 0 aliphatic carbocycles. The van der Waals surface area contributed by atoms with Crippen LogP contribution >= 0.6 is 0 Å². The van der Waals surface area contributed by atoms with Crippen molar-refractivity contribution in [1.82, 2.24) is 0 Å². The van der Waals surface area contributed by atoms with E-state index in [1.165, 1.54) is 0 Å². The molecule has 0 aromatic rings. The van der Waals surface area contributed by atoms with E-state index in [1.54, 1.807) is 0 Å². The van der Waals surface area contributed by atoms with Gasteiger partial charge in [0.15, 0.2) is 0 Å². The Kier molecular flexibility index (Phi) is 5.48. The van der Waals surface area contributed by atoms with Crippen LogP contribution < -0.4 is 0 Å². The third-order valence-electron chi connectivity index (χ3n) is 2.15. The molecule has 0 spiro atoms. The van der Waals surface area contributed by atoms with Gasteiger partial charge >= 0.3 is 30.6 Å². The fraction of sp³-hybridized carbons (Fsp3) is 1.00. The standard InChI is InChI=1S/C8H6F12O/c1-2(5(12,13)3(9)7(16,17)18)21-8(19,20)6(14,15)4(10)11/h2-4H,1H3. The van der Waals surface area contributed by atoms with E-state index in [0.717, 1.165) is 0 Å². The molecule has 2 atom stereocenters. The first-order valence-electron chi connectivity index (χ1n) is 4.78. The molecule has 0 radical (unpaired) electrons. The number of alkyl halides is 12. The van der Waals surface area contributed by atoms with Gasteiger partial charge in [0.05, 0.1) is 0 Å².